The molecule has 3 heteroatoms. The number of aryl methyl sites for hydroxylation is 1. The first-order valence-corrected chi connectivity index (χ1v) is 6.08. The number of hydrogen-bond donors (Lipinski definition) is 2. The van der Waals surface area contributed by atoms with Crippen molar-refractivity contribution in [3.8, 4) is 5.75 Å². The Morgan fingerprint density at radius 1 is 1.41 bits per heavy atom. The molecular weight excluding hydrogens is 214 g/mol. The van der Waals surface area contributed by atoms with E-state index in [1.807, 2.05) is 12.1 Å². The van der Waals surface area contributed by atoms with Crippen LogP contribution in [0, 0.1) is 12.8 Å². The summed E-state index contributed by atoms with van der Waals surface area (Å²) >= 11 is 0. The van der Waals surface area contributed by atoms with Gasteiger partial charge in [-0.3, -0.25) is 0 Å². The molecule has 0 aromatic heterocycles. The summed E-state index contributed by atoms with van der Waals surface area (Å²) in [5, 5.41) is 9.21. The number of methoxy groups -OCH3 is 1. The second-order valence-electron chi connectivity index (χ2n) is 4.61. The van der Waals surface area contributed by atoms with Gasteiger partial charge >= 0.3 is 0 Å². The molecule has 1 aromatic carbocycles. The summed E-state index contributed by atoms with van der Waals surface area (Å²) in [5.74, 6) is 1.42. The molecule has 1 rings (SSSR count). The Bertz CT molecular complexity index is 348. The highest BCUT2D eigenvalue weighted by molar-refractivity contribution is 5.42. The number of rotatable bonds is 6. The van der Waals surface area contributed by atoms with Crippen molar-refractivity contribution in [2.24, 2.45) is 11.7 Å². The molecule has 1 aromatic rings. The van der Waals surface area contributed by atoms with Crippen LogP contribution in [0.3, 0.4) is 0 Å². The molecule has 0 amide bonds. The zero-order chi connectivity index (χ0) is 12.8. The van der Waals surface area contributed by atoms with E-state index < -0.39 is 0 Å². The van der Waals surface area contributed by atoms with Crippen molar-refractivity contribution in [3.05, 3.63) is 29.3 Å². The standard InChI is InChI=1S/C14H23NO2/c1-10-5-4-6-13(17-3)14(10)11(2)7-12(8-15)9-16/h4-6,11-12,16H,7-9,15H2,1-3H3. The van der Waals surface area contributed by atoms with Crippen molar-refractivity contribution < 1.29 is 9.84 Å². The van der Waals surface area contributed by atoms with E-state index in [-0.39, 0.29) is 12.5 Å². The summed E-state index contributed by atoms with van der Waals surface area (Å²) in [5.41, 5.74) is 8.08. The molecule has 3 N–H and O–H groups in total. The number of benzene rings is 1. The van der Waals surface area contributed by atoms with Crippen LogP contribution in [0.2, 0.25) is 0 Å². The monoisotopic (exact) mass is 237 g/mol. The topological polar surface area (TPSA) is 55.5 Å². The summed E-state index contributed by atoms with van der Waals surface area (Å²) in [6.45, 7) is 4.91. The van der Waals surface area contributed by atoms with E-state index in [9.17, 15) is 5.11 Å². The number of hydrogen-bond acceptors (Lipinski definition) is 3. The Morgan fingerprint density at radius 2 is 2.12 bits per heavy atom. The molecule has 0 spiro atoms. The Labute approximate surface area is 104 Å². The number of ether oxygens (including phenoxy) is 1. The molecule has 0 radical (unpaired) electrons. The largest absolute Gasteiger partial charge is 0.496 e. The zero-order valence-electron chi connectivity index (χ0n) is 10.9. The maximum atomic E-state index is 9.21. The van der Waals surface area contributed by atoms with E-state index in [4.69, 9.17) is 10.5 Å². The van der Waals surface area contributed by atoms with Crippen molar-refractivity contribution in [3.63, 3.8) is 0 Å². The van der Waals surface area contributed by atoms with Crippen LogP contribution in [0.5, 0.6) is 5.75 Å². The predicted octanol–water partition coefficient (Wildman–Crippen LogP) is 2.06. The predicted molar refractivity (Wildman–Crippen MR) is 70.4 cm³/mol. The fourth-order valence-corrected chi connectivity index (χ4v) is 2.33. The average Bonchev–Trinajstić information content (AvgIpc) is 2.35. The Morgan fingerprint density at radius 3 is 2.65 bits per heavy atom. The molecule has 2 unspecified atom stereocenters. The lowest BCUT2D eigenvalue weighted by atomic mass is 9.87. The van der Waals surface area contributed by atoms with E-state index in [1.165, 1.54) is 11.1 Å². The summed E-state index contributed by atoms with van der Waals surface area (Å²) in [6.07, 6.45) is 0.883. The van der Waals surface area contributed by atoms with Crippen LogP contribution < -0.4 is 10.5 Å². The van der Waals surface area contributed by atoms with Gasteiger partial charge in [0.2, 0.25) is 0 Å². The van der Waals surface area contributed by atoms with Crippen LogP contribution in [0.25, 0.3) is 0 Å². The molecule has 3 nitrogen and oxygen atoms in total. The van der Waals surface area contributed by atoms with Gasteiger partial charge in [-0.15, -0.1) is 0 Å². The van der Waals surface area contributed by atoms with E-state index in [0.29, 0.717) is 12.5 Å². The van der Waals surface area contributed by atoms with Crippen molar-refractivity contribution in [1.29, 1.82) is 0 Å². The third-order valence-corrected chi connectivity index (χ3v) is 3.28. The highest BCUT2D eigenvalue weighted by Crippen LogP contribution is 2.33. The first-order valence-electron chi connectivity index (χ1n) is 6.08. The first kappa shape index (κ1) is 14.0. The Balaban J connectivity index is 2.91. The normalized spacial score (nSPS) is 14.4. The molecule has 0 aliphatic heterocycles. The second-order valence-corrected chi connectivity index (χ2v) is 4.61. The summed E-state index contributed by atoms with van der Waals surface area (Å²) in [6, 6.07) is 6.07. The van der Waals surface area contributed by atoms with E-state index in [0.717, 1.165) is 12.2 Å². The maximum absolute atomic E-state index is 9.21. The van der Waals surface area contributed by atoms with Gasteiger partial charge in [-0.05, 0) is 48.9 Å². The number of aliphatic hydroxyl groups excluding tert-OH is 1. The molecule has 96 valence electrons. The third-order valence-electron chi connectivity index (χ3n) is 3.28. The van der Waals surface area contributed by atoms with Gasteiger partial charge in [0.25, 0.3) is 0 Å². The number of nitrogens with two attached hydrogens (primary N) is 1. The van der Waals surface area contributed by atoms with Gasteiger partial charge < -0.3 is 15.6 Å². The van der Waals surface area contributed by atoms with E-state index in [1.54, 1.807) is 7.11 Å². The van der Waals surface area contributed by atoms with Crippen molar-refractivity contribution in [2.45, 2.75) is 26.2 Å². The van der Waals surface area contributed by atoms with E-state index >= 15 is 0 Å². The molecule has 0 heterocycles. The summed E-state index contributed by atoms with van der Waals surface area (Å²) in [7, 11) is 1.69. The summed E-state index contributed by atoms with van der Waals surface area (Å²) < 4.78 is 5.40. The van der Waals surface area contributed by atoms with Gasteiger partial charge in [-0.2, -0.15) is 0 Å². The van der Waals surface area contributed by atoms with Crippen LogP contribution in [-0.2, 0) is 0 Å². The van der Waals surface area contributed by atoms with Crippen molar-refractivity contribution >= 4 is 0 Å². The lowest BCUT2D eigenvalue weighted by Gasteiger charge is -2.21. The highest BCUT2D eigenvalue weighted by Gasteiger charge is 2.17. The molecule has 0 saturated heterocycles. The molecule has 0 bridgehead atoms. The van der Waals surface area contributed by atoms with Gasteiger partial charge in [0.1, 0.15) is 5.75 Å². The molecule has 17 heavy (non-hydrogen) atoms. The van der Waals surface area contributed by atoms with Crippen molar-refractivity contribution in [1.82, 2.24) is 0 Å². The molecule has 0 saturated carbocycles. The molecule has 0 fully saturated rings. The molecule has 0 aliphatic rings. The smallest absolute Gasteiger partial charge is 0.122 e. The first-order chi connectivity index (χ1) is 8.13. The van der Waals surface area contributed by atoms with Crippen LogP contribution >= 0.6 is 0 Å². The summed E-state index contributed by atoms with van der Waals surface area (Å²) in [4.78, 5) is 0. The minimum atomic E-state index is 0.148. The minimum absolute atomic E-state index is 0.148. The van der Waals surface area contributed by atoms with Gasteiger partial charge in [0.15, 0.2) is 0 Å². The number of aliphatic hydroxyl groups is 1. The Hall–Kier alpha value is -1.06. The van der Waals surface area contributed by atoms with Gasteiger partial charge in [-0.1, -0.05) is 19.1 Å². The van der Waals surface area contributed by atoms with Crippen LogP contribution in [0.4, 0.5) is 0 Å². The van der Waals surface area contributed by atoms with E-state index in [2.05, 4.69) is 19.9 Å². The van der Waals surface area contributed by atoms with Gasteiger partial charge in [0.05, 0.1) is 7.11 Å². The second kappa shape index (κ2) is 6.62. The molecule has 2 atom stereocenters. The quantitative estimate of drug-likeness (QED) is 0.796. The van der Waals surface area contributed by atoms with Crippen LogP contribution in [-0.4, -0.2) is 25.4 Å². The highest BCUT2D eigenvalue weighted by atomic mass is 16.5. The van der Waals surface area contributed by atoms with Crippen molar-refractivity contribution in [2.75, 3.05) is 20.3 Å². The maximum Gasteiger partial charge on any atom is 0.122 e. The lowest BCUT2D eigenvalue weighted by Crippen LogP contribution is -2.20. The Kier molecular flexibility index (Phi) is 5.45. The fraction of sp³-hybridized carbons (Fsp3) is 0.571. The lowest BCUT2D eigenvalue weighted by molar-refractivity contribution is 0.216. The minimum Gasteiger partial charge on any atom is -0.496 e. The van der Waals surface area contributed by atoms with Gasteiger partial charge in [0, 0.05) is 6.61 Å². The van der Waals surface area contributed by atoms with Crippen LogP contribution in [0.15, 0.2) is 18.2 Å². The van der Waals surface area contributed by atoms with Gasteiger partial charge in [-0.25, -0.2) is 0 Å². The third kappa shape index (κ3) is 3.45. The molecular formula is C14H23NO2. The average molecular weight is 237 g/mol. The SMILES string of the molecule is COc1cccc(C)c1C(C)CC(CN)CO. The molecule has 0 aliphatic carbocycles. The van der Waals surface area contributed by atoms with Crippen LogP contribution in [0.1, 0.15) is 30.4 Å². The fourth-order valence-electron chi connectivity index (χ4n) is 2.33. The zero-order valence-corrected chi connectivity index (χ0v) is 10.9.